The van der Waals surface area contributed by atoms with E-state index in [1.165, 1.54) is 44.4 Å². The van der Waals surface area contributed by atoms with Crippen molar-refractivity contribution >= 4 is 29.6 Å². The molecular weight excluding hydrogens is 402 g/mol. The molecule has 0 aliphatic carbocycles. The summed E-state index contributed by atoms with van der Waals surface area (Å²) in [5.74, 6) is -1.60. The largest absolute Gasteiger partial charge is 0.504 e. The third kappa shape index (κ3) is 3.87. The van der Waals surface area contributed by atoms with Gasteiger partial charge < -0.3 is 19.3 Å². The molecular formula is C23H21NO7. The van der Waals surface area contributed by atoms with Gasteiger partial charge in [0, 0.05) is 16.9 Å². The Balaban J connectivity index is 2.11. The molecule has 1 aliphatic rings. The molecule has 31 heavy (non-hydrogen) atoms. The highest BCUT2D eigenvalue weighted by atomic mass is 16.5. The SMILES string of the molecule is COC(=O)C1=C(C)N(c2ccc(C(=O)OC)cc2)C(=O)C1=Cc1cccc(OC)c1O. The number of para-hydroxylation sites is 1. The van der Waals surface area contributed by atoms with Crippen LogP contribution in [0.4, 0.5) is 5.69 Å². The topological polar surface area (TPSA) is 102 Å². The van der Waals surface area contributed by atoms with Crippen molar-refractivity contribution in [3.8, 4) is 11.5 Å². The van der Waals surface area contributed by atoms with E-state index in [1.807, 2.05) is 0 Å². The molecule has 8 heteroatoms. The maximum Gasteiger partial charge on any atom is 0.340 e. The van der Waals surface area contributed by atoms with E-state index in [2.05, 4.69) is 4.74 Å². The molecule has 1 N–H and O–H groups in total. The standard InChI is InChI=1S/C23H21NO7/c1-13-19(23(28)31-4)17(12-15-6-5-7-18(29-2)20(15)25)21(26)24(13)16-10-8-14(9-11-16)22(27)30-3/h5-12,25H,1-4H3. The number of amides is 1. The van der Waals surface area contributed by atoms with Crippen LogP contribution in [0.3, 0.4) is 0 Å². The van der Waals surface area contributed by atoms with Gasteiger partial charge in [0.05, 0.1) is 38.0 Å². The number of anilines is 1. The minimum absolute atomic E-state index is 0.0601. The molecule has 0 bridgehead atoms. The molecule has 160 valence electrons. The summed E-state index contributed by atoms with van der Waals surface area (Å²) in [4.78, 5) is 38.8. The number of benzene rings is 2. The summed E-state index contributed by atoms with van der Waals surface area (Å²) < 4.78 is 14.7. The van der Waals surface area contributed by atoms with Crippen LogP contribution in [0.15, 0.2) is 59.3 Å². The molecule has 0 atom stereocenters. The molecule has 0 saturated carbocycles. The zero-order valence-corrected chi connectivity index (χ0v) is 17.5. The molecule has 0 saturated heterocycles. The number of hydrogen-bond donors (Lipinski definition) is 1. The second-order valence-corrected chi connectivity index (χ2v) is 6.59. The fraction of sp³-hybridized carbons (Fsp3) is 0.174. The first-order valence-electron chi connectivity index (χ1n) is 9.24. The van der Waals surface area contributed by atoms with Crippen LogP contribution in [0.5, 0.6) is 11.5 Å². The quantitative estimate of drug-likeness (QED) is 0.582. The van der Waals surface area contributed by atoms with Crippen LogP contribution in [0, 0.1) is 0 Å². The lowest BCUT2D eigenvalue weighted by molar-refractivity contribution is -0.136. The number of rotatable bonds is 5. The van der Waals surface area contributed by atoms with Crippen molar-refractivity contribution in [1.82, 2.24) is 0 Å². The second-order valence-electron chi connectivity index (χ2n) is 6.59. The van der Waals surface area contributed by atoms with Gasteiger partial charge in [-0.15, -0.1) is 0 Å². The molecule has 1 aliphatic heterocycles. The smallest absolute Gasteiger partial charge is 0.340 e. The number of carbonyl (C=O) groups excluding carboxylic acids is 3. The highest BCUT2D eigenvalue weighted by molar-refractivity contribution is 6.24. The minimum Gasteiger partial charge on any atom is -0.504 e. The summed E-state index contributed by atoms with van der Waals surface area (Å²) >= 11 is 0. The van der Waals surface area contributed by atoms with E-state index in [9.17, 15) is 19.5 Å². The number of nitrogens with zero attached hydrogens (tertiary/aromatic N) is 1. The van der Waals surface area contributed by atoms with Crippen molar-refractivity contribution in [3.63, 3.8) is 0 Å². The maximum absolute atomic E-state index is 13.3. The van der Waals surface area contributed by atoms with Crippen molar-refractivity contribution in [1.29, 1.82) is 0 Å². The lowest BCUT2D eigenvalue weighted by atomic mass is 10.0. The number of ether oxygens (including phenoxy) is 3. The monoisotopic (exact) mass is 423 g/mol. The van der Waals surface area contributed by atoms with E-state index in [4.69, 9.17) is 9.47 Å². The molecule has 8 nitrogen and oxygen atoms in total. The fourth-order valence-corrected chi connectivity index (χ4v) is 3.33. The molecule has 1 amide bonds. The lowest BCUT2D eigenvalue weighted by Gasteiger charge is -2.18. The predicted molar refractivity (Wildman–Crippen MR) is 113 cm³/mol. The summed E-state index contributed by atoms with van der Waals surface area (Å²) in [5.41, 5.74) is 1.58. The molecule has 0 aromatic heterocycles. The van der Waals surface area contributed by atoms with Crippen LogP contribution < -0.4 is 9.64 Å². The average molecular weight is 423 g/mol. The highest BCUT2D eigenvalue weighted by Gasteiger charge is 2.38. The van der Waals surface area contributed by atoms with E-state index in [0.717, 1.165) is 0 Å². The Labute approximate surface area is 178 Å². The normalized spacial score (nSPS) is 14.8. The summed E-state index contributed by atoms with van der Waals surface area (Å²) in [6.07, 6.45) is 1.42. The third-order valence-corrected chi connectivity index (χ3v) is 4.89. The van der Waals surface area contributed by atoms with Crippen LogP contribution in [-0.4, -0.2) is 44.3 Å². The number of carbonyl (C=O) groups is 3. The fourth-order valence-electron chi connectivity index (χ4n) is 3.33. The molecule has 3 rings (SSSR count). The van der Waals surface area contributed by atoms with Gasteiger partial charge in [-0.3, -0.25) is 9.69 Å². The van der Waals surface area contributed by atoms with Gasteiger partial charge in [0.25, 0.3) is 5.91 Å². The molecule has 2 aromatic rings. The van der Waals surface area contributed by atoms with Crippen LogP contribution in [0.2, 0.25) is 0 Å². The Hall–Kier alpha value is -4.07. The third-order valence-electron chi connectivity index (χ3n) is 4.89. The van der Waals surface area contributed by atoms with E-state index >= 15 is 0 Å². The summed E-state index contributed by atoms with van der Waals surface area (Å²) in [7, 11) is 3.92. The number of phenols is 1. The van der Waals surface area contributed by atoms with Crippen LogP contribution in [0.1, 0.15) is 22.8 Å². The van der Waals surface area contributed by atoms with Crippen molar-refractivity contribution in [2.24, 2.45) is 0 Å². The highest BCUT2D eigenvalue weighted by Crippen LogP contribution is 2.38. The predicted octanol–water partition coefficient (Wildman–Crippen LogP) is 3.06. The van der Waals surface area contributed by atoms with E-state index < -0.39 is 17.8 Å². The van der Waals surface area contributed by atoms with Crippen molar-refractivity contribution in [2.45, 2.75) is 6.92 Å². The van der Waals surface area contributed by atoms with Gasteiger partial charge >= 0.3 is 11.9 Å². The summed E-state index contributed by atoms with van der Waals surface area (Å²) in [6.45, 7) is 1.62. The first-order chi connectivity index (χ1) is 14.8. The van der Waals surface area contributed by atoms with Crippen LogP contribution in [-0.2, 0) is 19.1 Å². The molecule has 1 heterocycles. The van der Waals surface area contributed by atoms with Gasteiger partial charge in [-0.25, -0.2) is 9.59 Å². The van der Waals surface area contributed by atoms with E-state index in [1.54, 1.807) is 37.3 Å². The molecule has 0 unspecified atom stereocenters. The zero-order chi connectivity index (χ0) is 22.7. The molecule has 2 aromatic carbocycles. The van der Waals surface area contributed by atoms with Crippen LogP contribution in [0.25, 0.3) is 6.08 Å². The average Bonchev–Trinajstić information content (AvgIpc) is 3.03. The molecule has 0 radical (unpaired) electrons. The van der Waals surface area contributed by atoms with Crippen molar-refractivity contribution < 1.29 is 33.7 Å². The minimum atomic E-state index is -0.687. The number of esters is 2. The first-order valence-corrected chi connectivity index (χ1v) is 9.24. The van der Waals surface area contributed by atoms with Crippen molar-refractivity contribution in [2.75, 3.05) is 26.2 Å². The number of hydrogen-bond acceptors (Lipinski definition) is 7. The number of methoxy groups -OCH3 is 3. The summed E-state index contributed by atoms with van der Waals surface area (Å²) in [5, 5.41) is 10.4. The summed E-state index contributed by atoms with van der Waals surface area (Å²) in [6, 6.07) is 11.0. The lowest BCUT2D eigenvalue weighted by Crippen LogP contribution is -2.24. The number of aromatic hydroxyl groups is 1. The Morgan fingerprint density at radius 1 is 0.968 bits per heavy atom. The van der Waals surface area contributed by atoms with Crippen molar-refractivity contribution in [3.05, 3.63) is 70.4 Å². The second kappa shape index (κ2) is 8.74. The Kier molecular flexibility index (Phi) is 6.10. The van der Waals surface area contributed by atoms with E-state index in [0.29, 0.717) is 22.5 Å². The number of allylic oxidation sites excluding steroid dienone is 1. The van der Waals surface area contributed by atoms with E-state index in [-0.39, 0.29) is 22.6 Å². The molecule has 0 fully saturated rings. The van der Waals surface area contributed by atoms with Gasteiger partial charge in [0.15, 0.2) is 11.5 Å². The maximum atomic E-state index is 13.3. The Morgan fingerprint density at radius 3 is 2.19 bits per heavy atom. The van der Waals surface area contributed by atoms with Gasteiger partial charge in [-0.05, 0) is 43.3 Å². The Bertz CT molecular complexity index is 1110. The van der Waals surface area contributed by atoms with Gasteiger partial charge in [0.1, 0.15) is 0 Å². The first kappa shape index (κ1) is 21.6. The number of phenolic OH excluding ortho intramolecular Hbond substituents is 1. The van der Waals surface area contributed by atoms with Gasteiger partial charge in [-0.2, -0.15) is 0 Å². The molecule has 0 spiro atoms. The zero-order valence-electron chi connectivity index (χ0n) is 17.5. The Morgan fingerprint density at radius 2 is 1.61 bits per heavy atom. The van der Waals surface area contributed by atoms with Gasteiger partial charge in [0.2, 0.25) is 0 Å². The van der Waals surface area contributed by atoms with Crippen LogP contribution >= 0.6 is 0 Å². The van der Waals surface area contributed by atoms with Gasteiger partial charge in [-0.1, -0.05) is 12.1 Å².